The van der Waals surface area contributed by atoms with Crippen LogP contribution in [0.25, 0.3) is 76.3 Å². The molecule has 9 aromatic rings. The molecule has 1 aliphatic heterocycles. The lowest BCUT2D eigenvalue weighted by Crippen LogP contribution is -2.15. The van der Waals surface area contributed by atoms with Gasteiger partial charge in [-0.05, 0) is 52.6 Å². The number of hydrogen-bond donors (Lipinski definition) is 0. The number of aromatic nitrogens is 2. The highest BCUT2D eigenvalue weighted by Gasteiger charge is 2.39. The van der Waals surface area contributed by atoms with Crippen molar-refractivity contribution >= 4 is 31.5 Å². The van der Waals surface area contributed by atoms with Gasteiger partial charge in [-0.2, -0.15) is 0 Å². The van der Waals surface area contributed by atoms with E-state index in [1.807, 2.05) is 41.7 Å². The van der Waals surface area contributed by atoms with Gasteiger partial charge in [0.15, 0.2) is 28.8 Å². The highest BCUT2D eigenvalue weighted by atomic mass is 32.1. The minimum absolute atomic E-state index is 0.119. The van der Waals surface area contributed by atoms with Gasteiger partial charge in [-0.1, -0.05) is 141 Å². The van der Waals surface area contributed by atoms with E-state index in [9.17, 15) is 0 Å². The van der Waals surface area contributed by atoms with Gasteiger partial charge in [0, 0.05) is 53.4 Å². The van der Waals surface area contributed by atoms with Gasteiger partial charge in [-0.25, -0.2) is 9.97 Å². The van der Waals surface area contributed by atoms with Gasteiger partial charge in [-0.3, -0.25) is 0 Å². The summed E-state index contributed by atoms with van der Waals surface area (Å²) in [5, 5.41) is 2.56. The van der Waals surface area contributed by atoms with Crippen LogP contribution in [-0.4, -0.2) is 9.97 Å². The lowest BCUT2D eigenvalue weighted by atomic mass is 9.82. The van der Waals surface area contributed by atoms with Crippen molar-refractivity contribution in [3.8, 4) is 79.2 Å². The Kier molecular flexibility index (Phi) is 6.73. The molecule has 3 heterocycles. The van der Waals surface area contributed by atoms with Gasteiger partial charge in [0.2, 0.25) is 0 Å². The summed E-state index contributed by atoms with van der Waals surface area (Å²) < 4.78 is 16.0. The number of nitrogens with zero attached hydrogens (tertiary/aromatic N) is 2. The molecule has 0 unspecified atom stereocenters. The smallest absolute Gasteiger partial charge is 0.178 e. The summed E-state index contributed by atoms with van der Waals surface area (Å²) >= 11 is 1.82. The monoisotopic (exact) mass is 712 g/mol. The molecule has 2 aliphatic rings. The zero-order chi connectivity index (χ0) is 36.0. The van der Waals surface area contributed by atoms with Crippen molar-refractivity contribution in [2.75, 3.05) is 0 Å². The Morgan fingerprint density at radius 1 is 0.463 bits per heavy atom. The van der Waals surface area contributed by atoms with Crippen LogP contribution in [0.4, 0.5) is 0 Å². The zero-order valence-corrected chi connectivity index (χ0v) is 30.4. The molecule has 0 saturated carbocycles. The second-order valence-corrected chi connectivity index (χ2v) is 15.6. The van der Waals surface area contributed by atoms with E-state index in [0.29, 0.717) is 17.3 Å². The Morgan fingerprint density at radius 3 is 2.00 bits per heavy atom. The van der Waals surface area contributed by atoms with E-state index in [1.165, 1.54) is 36.9 Å². The Balaban J connectivity index is 0.966. The van der Waals surface area contributed by atoms with Crippen LogP contribution in [0.5, 0.6) is 23.0 Å². The Hall–Kier alpha value is -6.56. The molecule has 0 radical (unpaired) electrons. The third kappa shape index (κ3) is 4.75. The molecule has 4 nitrogen and oxygen atoms in total. The number of para-hydroxylation sites is 1. The van der Waals surface area contributed by atoms with E-state index in [-0.39, 0.29) is 5.41 Å². The molecule has 7 aromatic carbocycles. The van der Waals surface area contributed by atoms with Crippen LogP contribution < -0.4 is 9.47 Å². The van der Waals surface area contributed by atoms with Crippen molar-refractivity contribution in [2.24, 2.45) is 0 Å². The molecule has 5 heteroatoms. The van der Waals surface area contributed by atoms with Crippen LogP contribution in [0.1, 0.15) is 25.0 Å². The summed E-state index contributed by atoms with van der Waals surface area (Å²) in [5.74, 6) is 3.60. The SMILES string of the molecule is CC1(C)c2ccccc2-c2c1ccc1c2Oc2cccc(-c3ccc(-c4nc(-c5ccccc5)cc(-c5ccc6c(c5)sc5ccccc56)n4)cc3)c2O1. The van der Waals surface area contributed by atoms with Crippen LogP contribution in [0.2, 0.25) is 0 Å². The first-order valence-electron chi connectivity index (χ1n) is 18.2. The first-order valence-corrected chi connectivity index (χ1v) is 19.0. The lowest BCUT2D eigenvalue weighted by Gasteiger charge is -2.26. The molecule has 0 amide bonds. The van der Waals surface area contributed by atoms with Crippen LogP contribution in [0.15, 0.2) is 158 Å². The van der Waals surface area contributed by atoms with Crippen molar-refractivity contribution < 1.29 is 9.47 Å². The number of benzene rings is 7. The fraction of sp³-hybridized carbons (Fsp3) is 0.0612. The predicted molar refractivity (Wildman–Crippen MR) is 221 cm³/mol. The van der Waals surface area contributed by atoms with E-state index in [0.717, 1.165) is 56.3 Å². The van der Waals surface area contributed by atoms with E-state index in [4.69, 9.17) is 19.4 Å². The zero-order valence-electron chi connectivity index (χ0n) is 29.6. The summed E-state index contributed by atoms with van der Waals surface area (Å²) in [5.41, 5.74) is 11.6. The normalized spacial score (nSPS) is 13.4. The Bertz CT molecular complexity index is 2960. The fourth-order valence-corrected chi connectivity index (χ4v) is 9.38. The minimum atomic E-state index is -0.119. The fourth-order valence-electron chi connectivity index (χ4n) is 8.24. The molecule has 11 rings (SSSR count). The van der Waals surface area contributed by atoms with Crippen molar-refractivity contribution in [3.05, 3.63) is 169 Å². The number of thiophene rings is 1. The molecular weight excluding hydrogens is 681 g/mol. The van der Waals surface area contributed by atoms with Crippen LogP contribution in [0, 0.1) is 0 Å². The topological polar surface area (TPSA) is 44.2 Å². The van der Waals surface area contributed by atoms with Crippen LogP contribution >= 0.6 is 11.3 Å². The van der Waals surface area contributed by atoms with Gasteiger partial charge in [0.05, 0.1) is 11.4 Å². The highest BCUT2D eigenvalue weighted by Crippen LogP contribution is 2.59. The third-order valence-corrected chi connectivity index (χ3v) is 12.1. The van der Waals surface area contributed by atoms with Crippen molar-refractivity contribution in [2.45, 2.75) is 19.3 Å². The maximum Gasteiger partial charge on any atom is 0.178 e. The molecule has 0 fully saturated rings. The minimum Gasteiger partial charge on any atom is -0.449 e. The first kappa shape index (κ1) is 31.0. The van der Waals surface area contributed by atoms with E-state index < -0.39 is 0 Å². The summed E-state index contributed by atoms with van der Waals surface area (Å²) in [7, 11) is 0. The van der Waals surface area contributed by atoms with Crippen LogP contribution in [0.3, 0.4) is 0 Å². The molecule has 0 saturated heterocycles. The second-order valence-electron chi connectivity index (χ2n) is 14.5. The van der Waals surface area contributed by atoms with E-state index in [2.05, 4.69) is 141 Å². The standard InChI is InChI=1S/C49H32N2O2S/c1-49(2)37-16-8-6-14-36(37)45-38(49)25-26-42-47(45)53-41-17-10-15-33(46(41)52-42)29-19-21-31(22-20-29)48-50-39(30-11-4-3-5-12-30)28-40(51-48)32-23-24-35-34-13-7-9-18-43(34)54-44(35)27-32/h3-28H,1-2H3. The molecule has 256 valence electrons. The van der Waals surface area contributed by atoms with Crippen LogP contribution in [-0.2, 0) is 5.41 Å². The molecular formula is C49H32N2O2S. The molecule has 0 N–H and O–H groups in total. The molecule has 0 bridgehead atoms. The van der Waals surface area contributed by atoms with E-state index in [1.54, 1.807) is 0 Å². The quantitative estimate of drug-likeness (QED) is 0.182. The van der Waals surface area contributed by atoms with Gasteiger partial charge < -0.3 is 9.47 Å². The molecule has 0 atom stereocenters. The lowest BCUT2D eigenvalue weighted by molar-refractivity contribution is 0.361. The Labute approximate surface area is 317 Å². The number of hydrogen-bond acceptors (Lipinski definition) is 5. The predicted octanol–water partition coefficient (Wildman–Crippen LogP) is 13.7. The average molecular weight is 713 g/mol. The second kappa shape index (κ2) is 11.7. The highest BCUT2D eigenvalue weighted by molar-refractivity contribution is 7.25. The molecule has 2 aromatic heterocycles. The average Bonchev–Trinajstić information content (AvgIpc) is 3.71. The third-order valence-electron chi connectivity index (χ3n) is 11.0. The number of ether oxygens (including phenoxy) is 2. The first-order chi connectivity index (χ1) is 26.5. The maximum absolute atomic E-state index is 6.74. The molecule has 54 heavy (non-hydrogen) atoms. The summed E-state index contributed by atoms with van der Waals surface area (Å²) in [6, 6.07) is 55.1. The van der Waals surface area contributed by atoms with Gasteiger partial charge in [0.1, 0.15) is 0 Å². The molecule has 0 spiro atoms. The summed E-state index contributed by atoms with van der Waals surface area (Å²) in [6.45, 7) is 4.55. The number of fused-ring (bicyclic) bond motifs is 9. The van der Waals surface area contributed by atoms with E-state index >= 15 is 0 Å². The van der Waals surface area contributed by atoms with Gasteiger partial charge in [0.25, 0.3) is 0 Å². The van der Waals surface area contributed by atoms with Gasteiger partial charge in [-0.15, -0.1) is 11.3 Å². The largest absolute Gasteiger partial charge is 0.449 e. The van der Waals surface area contributed by atoms with Crippen molar-refractivity contribution in [1.82, 2.24) is 9.97 Å². The maximum atomic E-state index is 6.74. The van der Waals surface area contributed by atoms with Gasteiger partial charge >= 0.3 is 0 Å². The summed E-state index contributed by atoms with van der Waals surface area (Å²) in [6.07, 6.45) is 0. The summed E-state index contributed by atoms with van der Waals surface area (Å²) in [4.78, 5) is 10.3. The molecule has 1 aliphatic carbocycles. The number of rotatable bonds is 4. The van der Waals surface area contributed by atoms with Crippen molar-refractivity contribution in [1.29, 1.82) is 0 Å². The van der Waals surface area contributed by atoms with Crippen molar-refractivity contribution in [3.63, 3.8) is 0 Å². The Morgan fingerprint density at radius 2 is 1.13 bits per heavy atom.